The standard InChI is InChI=1S/C21H26ClN5O2/c1-14-11-19(25-21(23)24-14)27-9-4-10-29-13-18(27)16-6-5-15(12-17(16)22)20(28)26-7-2-3-8-26/h5-6,11-12,18H,2-4,7-10,13H2,1H3,(H2,23,24,25). The van der Waals surface area contributed by atoms with Crippen molar-refractivity contribution in [3.05, 3.63) is 46.1 Å². The summed E-state index contributed by atoms with van der Waals surface area (Å²) in [7, 11) is 0. The van der Waals surface area contributed by atoms with E-state index in [0.29, 0.717) is 23.8 Å². The molecular weight excluding hydrogens is 390 g/mol. The van der Waals surface area contributed by atoms with E-state index >= 15 is 0 Å². The molecule has 2 N–H and O–H groups in total. The summed E-state index contributed by atoms with van der Waals surface area (Å²) in [4.78, 5) is 25.4. The van der Waals surface area contributed by atoms with Crippen molar-refractivity contribution in [1.82, 2.24) is 14.9 Å². The molecule has 2 aromatic rings. The van der Waals surface area contributed by atoms with Gasteiger partial charge in [0.1, 0.15) is 5.82 Å². The number of benzene rings is 1. The number of aryl methyl sites for hydroxylation is 1. The molecule has 1 aromatic heterocycles. The highest BCUT2D eigenvalue weighted by atomic mass is 35.5. The lowest BCUT2D eigenvalue weighted by atomic mass is 10.0. The Balaban J connectivity index is 1.65. The first-order valence-electron chi connectivity index (χ1n) is 10.1. The Bertz CT molecular complexity index is 880. The van der Waals surface area contributed by atoms with Crippen molar-refractivity contribution in [3.8, 4) is 0 Å². The third-order valence-electron chi connectivity index (χ3n) is 5.49. The number of anilines is 2. The molecular formula is C21H26ClN5O2. The van der Waals surface area contributed by atoms with Gasteiger partial charge < -0.3 is 20.3 Å². The SMILES string of the molecule is Cc1cc(N2CCCOCC2c2ccc(C(=O)N3CCCC3)cc2Cl)nc(N)n1. The minimum atomic E-state index is -0.116. The number of hydrogen-bond acceptors (Lipinski definition) is 6. The van der Waals surface area contributed by atoms with Crippen LogP contribution in [0.5, 0.6) is 0 Å². The van der Waals surface area contributed by atoms with E-state index in [0.717, 1.165) is 56.0 Å². The van der Waals surface area contributed by atoms with Crippen LogP contribution in [0, 0.1) is 6.92 Å². The average Bonchev–Trinajstić information content (AvgIpc) is 3.11. The zero-order valence-corrected chi connectivity index (χ0v) is 17.4. The molecule has 2 aliphatic rings. The molecule has 2 fully saturated rings. The van der Waals surface area contributed by atoms with Crippen molar-refractivity contribution < 1.29 is 9.53 Å². The number of halogens is 1. The van der Waals surface area contributed by atoms with Gasteiger partial charge in [0.05, 0.1) is 12.6 Å². The first-order chi connectivity index (χ1) is 14.0. The molecule has 0 bridgehead atoms. The number of nitrogen functional groups attached to an aromatic ring is 1. The van der Waals surface area contributed by atoms with Crippen LogP contribution in [0.3, 0.4) is 0 Å². The number of carbonyl (C=O) groups is 1. The van der Waals surface area contributed by atoms with Crippen molar-refractivity contribution in [2.45, 2.75) is 32.2 Å². The largest absolute Gasteiger partial charge is 0.379 e. The van der Waals surface area contributed by atoms with Crippen molar-refractivity contribution in [2.75, 3.05) is 43.5 Å². The number of carbonyl (C=O) groups excluding carboxylic acids is 1. The number of hydrogen-bond donors (Lipinski definition) is 1. The van der Waals surface area contributed by atoms with Crippen molar-refractivity contribution in [1.29, 1.82) is 0 Å². The fourth-order valence-electron chi connectivity index (χ4n) is 4.06. The second-order valence-corrected chi connectivity index (χ2v) is 8.01. The van der Waals surface area contributed by atoms with Gasteiger partial charge in [-0.1, -0.05) is 17.7 Å². The molecule has 7 nitrogen and oxygen atoms in total. The van der Waals surface area contributed by atoms with Crippen LogP contribution in [0.15, 0.2) is 24.3 Å². The summed E-state index contributed by atoms with van der Waals surface area (Å²) in [5, 5.41) is 0.564. The molecule has 4 rings (SSSR count). The first-order valence-corrected chi connectivity index (χ1v) is 10.4. The van der Waals surface area contributed by atoms with E-state index in [9.17, 15) is 4.79 Å². The number of aromatic nitrogens is 2. The lowest BCUT2D eigenvalue weighted by Gasteiger charge is -2.31. The third kappa shape index (κ3) is 4.31. The number of rotatable bonds is 3. The summed E-state index contributed by atoms with van der Waals surface area (Å²) in [5.74, 6) is 1.06. The minimum Gasteiger partial charge on any atom is -0.379 e. The number of ether oxygens (including phenoxy) is 1. The highest BCUT2D eigenvalue weighted by Crippen LogP contribution is 2.34. The lowest BCUT2D eigenvalue weighted by Crippen LogP contribution is -2.32. The molecule has 3 heterocycles. The Morgan fingerprint density at radius 1 is 1.17 bits per heavy atom. The van der Waals surface area contributed by atoms with Gasteiger partial charge in [0.15, 0.2) is 0 Å². The summed E-state index contributed by atoms with van der Waals surface area (Å²) in [6.07, 6.45) is 3.00. The van der Waals surface area contributed by atoms with Gasteiger partial charge in [0, 0.05) is 48.6 Å². The summed E-state index contributed by atoms with van der Waals surface area (Å²) in [5.41, 5.74) is 8.24. The van der Waals surface area contributed by atoms with Gasteiger partial charge >= 0.3 is 0 Å². The van der Waals surface area contributed by atoms with Gasteiger partial charge in [-0.3, -0.25) is 4.79 Å². The maximum Gasteiger partial charge on any atom is 0.253 e. The van der Waals surface area contributed by atoms with Crippen molar-refractivity contribution >= 4 is 29.3 Å². The molecule has 1 aromatic carbocycles. The highest BCUT2D eigenvalue weighted by Gasteiger charge is 2.28. The molecule has 2 aliphatic heterocycles. The predicted octanol–water partition coefficient (Wildman–Crippen LogP) is 3.22. The number of amides is 1. The van der Waals surface area contributed by atoms with Gasteiger partial charge in [-0.25, -0.2) is 4.98 Å². The van der Waals surface area contributed by atoms with Crippen LogP contribution >= 0.6 is 11.6 Å². The smallest absolute Gasteiger partial charge is 0.253 e. The third-order valence-corrected chi connectivity index (χ3v) is 5.82. The second kappa shape index (κ2) is 8.55. The van der Waals surface area contributed by atoms with Crippen LogP contribution in [0.2, 0.25) is 5.02 Å². The lowest BCUT2D eigenvalue weighted by molar-refractivity contribution is 0.0793. The second-order valence-electron chi connectivity index (χ2n) is 7.60. The van der Waals surface area contributed by atoms with Crippen LogP contribution in [-0.2, 0) is 4.74 Å². The summed E-state index contributed by atoms with van der Waals surface area (Å²) >= 11 is 6.67. The average molecular weight is 416 g/mol. The monoisotopic (exact) mass is 415 g/mol. The predicted molar refractivity (Wildman–Crippen MR) is 113 cm³/mol. The van der Waals surface area contributed by atoms with Crippen LogP contribution < -0.4 is 10.6 Å². The molecule has 29 heavy (non-hydrogen) atoms. The Morgan fingerprint density at radius 3 is 2.69 bits per heavy atom. The zero-order chi connectivity index (χ0) is 20.4. The van der Waals surface area contributed by atoms with Gasteiger partial charge in [-0.05, 0) is 43.9 Å². The summed E-state index contributed by atoms with van der Waals surface area (Å²) in [6, 6.07) is 7.39. The Kier molecular flexibility index (Phi) is 5.87. The van der Waals surface area contributed by atoms with Crippen LogP contribution in [0.4, 0.5) is 11.8 Å². The van der Waals surface area contributed by atoms with Gasteiger partial charge in [-0.2, -0.15) is 4.98 Å². The molecule has 1 unspecified atom stereocenters. The Labute approximate surface area is 175 Å². The fourth-order valence-corrected chi connectivity index (χ4v) is 4.37. The first kappa shape index (κ1) is 19.9. The van der Waals surface area contributed by atoms with Gasteiger partial charge in [-0.15, -0.1) is 0 Å². The number of likely N-dealkylation sites (tertiary alicyclic amines) is 1. The van der Waals surface area contributed by atoms with Crippen LogP contribution in [-0.4, -0.2) is 53.6 Å². The molecule has 1 atom stereocenters. The van der Waals surface area contributed by atoms with E-state index in [1.54, 1.807) is 6.07 Å². The molecule has 0 spiro atoms. The molecule has 0 aliphatic carbocycles. The molecule has 2 saturated heterocycles. The van der Waals surface area contributed by atoms with Gasteiger partial charge in [0.2, 0.25) is 5.95 Å². The van der Waals surface area contributed by atoms with E-state index < -0.39 is 0 Å². The van der Waals surface area contributed by atoms with Gasteiger partial charge in [0.25, 0.3) is 5.91 Å². The summed E-state index contributed by atoms with van der Waals surface area (Å²) < 4.78 is 5.84. The summed E-state index contributed by atoms with van der Waals surface area (Å²) in [6.45, 7) is 5.47. The molecule has 8 heteroatoms. The van der Waals surface area contributed by atoms with Crippen LogP contribution in [0.1, 0.15) is 46.9 Å². The molecule has 1 amide bonds. The zero-order valence-electron chi connectivity index (χ0n) is 16.6. The molecule has 0 saturated carbocycles. The van der Waals surface area contributed by atoms with E-state index in [1.807, 2.05) is 30.0 Å². The van der Waals surface area contributed by atoms with E-state index in [-0.39, 0.29) is 17.9 Å². The Morgan fingerprint density at radius 2 is 1.97 bits per heavy atom. The minimum absolute atomic E-state index is 0.0455. The fraction of sp³-hybridized carbons (Fsp3) is 0.476. The van der Waals surface area contributed by atoms with Crippen LogP contribution in [0.25, 0.3) is 0 Å². The number of nitrogens with zero attached hydrogens (tertiary/aromatic N) is 4. The maximum atomic E-state index is 12.7. The molecule has 154 valence electrons. The number of nitrogens with two attached hydrogens (primary N) is 1. The Hall–Kier alpha value is -2.38. The quantitative estimate of drug-likeness (QED) is 0.828. The maximum absolute atomic E-state index is 12.7. The van der Waals surface area contributed by atoms with E-state index in [2.05, 4.69) is 14.9 Å². The van der Waals surface area contributed by atoms with E-state index in [1.165, 1.54) is 0 Å². The van der Waals surface area contributed by atoms with Crippen molar-refractivity contribution in [2.24, 2.45) is 0 Å². The van der Waals surface area contributed by atoms with E-state index in [4.69, 9.17) is 22.1 Å². The normalized spacial score (nSPS) is 20.0. The molecule has 0 radical (unpaired) electrons. The topological polar surface area (TPSA) is 84.6 Å². The van der Waals surface area contributed by atoms with Crippen molar-refractivity contribution in [3.63, 3.8) is 0 Å². The highest BCUT2D eigenvalue weighted by molar-refractivity contribution is 6.31.